The molecule has 0 bridgehead atoms. The highest BCUT2D eigenvalue weighted by Crippen LogP contribution is 2.33. The van der Waals surface area contributed by atoms with Crippen molar-refractivity contribution in [1.29, 1.82) is 0 Å². The zero-order chi connectivity index (χ0) is 18.6. The van der Waals surface area contributed by atoms with Crippen LogP contribution in [-0.4, -0.2) is 18.8 Å². The molecular formula is C24H21NO2. The van der Waals surface area contributed by atoms with Gasteiger partial charge in [-0.05, 0) is 83.9 Å². The van der Waals surface area contributed by atoms with Crippen LogP contribution in [0.2, 0.25) is 0 Å². The summed E-state index contributed by atoms with van der Waals surface area (Å²) in [6.07, 6.45) is 0. The monoisotopic (exact) mass is 355 g/mol. The summed E-state index contributed by atoms with van der Waals surface area (Å²) in [5.41, 5.74) is 5.67. The maximum absolute atomic E-state index is 5.30. The Morgan fingerprint density at radius 2 is 0.963 bits per heavy atom. The molecule has 3 heteroatoms. The van der Waals surface area contributed by atoms with Crippen molar-refractivity contribution in [1.82, 2.24) is 4.57 Å². The highest BCUT2D eigenvalue weighted by Gasteiger charge is 2.13. The minimum absolute atomic E-state index is 0.854. The molecule has 0 spiro atoms. The fourth-order valence-electron chi connectivity index (χ4n) is 3.27. The predicted molar refractivity (Wildman–Crippen MR) is 110 cm³/mol. The standard InChI is InChI=1S/C24H21NO2/c1-26-21-12-8-18(9-13-21)23-16-17-24(19-10-14-22(27-2)15-11-19)25(23)20-6-4-3-5-7-20/h3-17H,1-2H3. The van der Waals surface area contributed by atoms with E-state index in [2.05, 4.69) is 65.2 Å². The molecule has 0 saturated heterocycles. The molecule has 0 N–H and O–H groups in total. The maximum atomic E-state index is 5.30. The first-order valence-corrected chi connectivity index (χ1v) is 8.86. The largest absolute Gasteiger partial charge is 0.497 e. The summed E-state index contributed by atoms with van der Waals surface area (Å²) in [6, 6.07) is 31.0. The maximum Gasteiger partial charge on any atom is 0.118 e. The molecular weight excluding hydrogens is 334 g/mol. The van der Waals surface area contributed by atoms with Gasteiger partial charge in [-0.2, -0.15) is 0 Å². The fourth-order valence-corrected chi connectivity index (χ4v) is 3.27. The molecule has 0 saturated carbocycles. The van der Waals surface area contributed by atoms with Crippen LogP contribution in [0, 0.1) is 0 Å². The number of aromatic nitrogens is 1. The van der Waals surface area contributed by atoms with E-state index in [0.29, 0.717) is 0 Å². The molecule has 0 aliphatic heterocycles. The molecule has 0 aliphatic rings. The number of methoxy groups -OCH3 is 2. The number of benzene rings is 3. The highest BCUT2D eigenvalue weighted by atomic mass is 16.5. The van der Waals surface area contributed by atoms with Gasteiger partial charge in [0.25, 0.3) is 0 Å². The Kier molecular flexibility index (Phi) is 4.67. The van der Waals surface area contributed by atoms with Crippen molar-refractivity contribution in [3.8, 4) is 39.7 Å². The van der Waals surface area contributed by atoms with Crippen molar-refractivity contribution in [2.45, 2.75) is 0 Å². The lowest BCUT2D eigenvalue weighted by atomic mass is 10.1. The minimum atomic E-state index is 0.854. The molecule has 134 valence electrons. The van der Waals surface area contributed by atoms with Gasteiger partial charge in [0.1, 0.15) is 11.5 Å². The van der Waals surface area contributed by atoms with E-state index in [1.165, 1.54) is 0 Å². The van der Waals surface area contributed by atoms with Crippen LogP contribution < -0.4 is 9.47 Å². The van der Waals surface area contributed by atoms with Crippen LogP contribution in [0.25, 0.3) is 28.2 Å². The van der Waals surface area contributed by atoms with Gasteiger partial charge in [0.15, 0.2) is 0 Å². The summed E-state index contributed by atoms with van der Waals surface area (Å²) in [5, 5.41) is 0. The second-order valence-corrected chi connectivity index (χ2v) is 6.23. The van der Waals surface area contributed by atoms with Gasteiger partial charge >= 0.3 is 0 Å². The molecule has 0 radical (unpaired) electrons. The van der Waals surface area contributed by atoms with Crippen LogP contribution in [0.1, 0.15) is 0 Å². The fraction of sp³-hybridized carbons (Fsp3) is 0.0833. The van der Waals surface area contributed by atoms with Gasteiger partial charge in [-0.3, -0.25) is 0 Å². The average Bonchev–Trinajstić information content (AvgIpc) is 3.19. The number of rotatable bonds is 5. The zero-order valence-corrected chi connectivity index (χ0v) is 15.4. The Bertz CT molecular complexity index is 951. The number of hydrogen-bond donors (Lipinski definition) is 0. The Hall–Kier alpha value is -3.46. The van der Waals surface area contributed by atoms with Crippen LogP contribution in [0.4, 0.5) is 0 Å². The number of para-hydroxylation sites is 1. The molecule has 0 unspecified atom stereocenters. The van der Waals surface area contributed by atoms with Crippen molar-refractivity contribution in [3.05, 3.63) is 91.0 Å². The predicted octanol–water partition coefficient (Wildman–Crippen LogP) is 5.83. The summed E-state index contributed by atoms with van der Waals surface area (Å²) in [5.74, 6) is 1.71. The van der Waals surface area contributed by atoms with Crippen molar-refractivity contribution in [3.63, 3.8) is 0 Å². The first-order valence-electron chi connectivity index (χ1n) is 8.86. The third kappa shape index (κ3) is 3.32. The van der Waals surface area contributed by atoms with Crippen LogP contribution in [-0.2, 0) is 0 Å². The van der Waals surface area contributed by atoms with E-state index in [4.69, 9.17) is 9.47 Å². The SMILES string of the molecule is COc1ccc(-c2ccc(-c3ccc(OC)cc3)n2-c2ccccc2)cc1. The van der Waals surface area contributed by atoms with E-state index in [0.717, 1.165) is 39.7 Å². The molecule has 3 nitrogen and oxygen atoms in total. The average molecular weight is 355 g/mol. The number of ether oxygens (including phenoxy) is 2. The van der Waals surface area contributed by atoms with E-state index in [-0.39, 0.29) is 0 Å². The highest BCUT2D eigenvalue weighted by molar-refractivity contribution is 5.73. The van der Waals surface area contributed by atoms with Gasteiger partial charge in [0, 0.05) is 5.69 Å². The van der Waals surface area contributed by atoms with Crippen LogP contribution >= 0.6 is 0 Å². The van der Waals surface area contributed by atoms with Gasteiger partial charge in [0.05, 0.1) is 25.6 Å². The van der Waals surface area contributed by atoms with Crippen LogP contribution in [0.3, 0.4) is 0 Å². The van der Waals surface area contributed by atoms with E-state index in [1.807, 2.05) is 30.3 Å². The lowest BCUT2D eigenvalue weighted by molar-refractivity contribution is 0.415. The van der Waals surface area contributed by atoms with Gasteiger partial charge < -0.3 is 14.0 Å². The van der Waals surface area contributed by atoms with Crippen molar-refractivity contribution in [2.24, 2.45) is 0 Å². The van der Waals surface area contributed by atoms with Gasteiger partial charge in [-0.15, -0.1) is 0 Å². The molecule has 27 heavy (non-hydrogen) atoms. The van der Waals surface area contributed by atoms with Crippen molar-refractivity contribution >= 4 is 0 Å². The molecule has 0 atom stereocenters. The summed E-state index contributed by atoms with van der Waals surface area (Å²) in [6.45, 7) is 0. The number of hydrogen-bond acceptors (Lipinski definition) is 2. The lowest BCUT2D eigenvalue weighted by Gasteiger charge is -2.15. The van der Waals surface area contributed by atoms with Gasteiger partial charge in [-0.1, -0.05) is 18.2 Å². The van der Waals surface area contributed by atoms with E-state index < -0.39 is 0 Å². The Morgan fingerprint density at radius 1 is 0.519 bits per heavy atom. The zero-order valence-electron chi connectivity index (χ0n) is 15.4. The van der Waals surface area contributed by atoms with Crippen LogP contribution in [0.15, 0.2) is 91.0 Å². The normalized spacial score (nSPS) is 10.6. The van der Waals surface area contributed by atoms with E-state index >= 15 is 0 Å². The first kappa shape index (κ1) is 17.0. The quantitative estimate of drug-likeness (QED) is 0.450. The topological polar surface area (TPSA) is 23.4 Å². The summed E-state index contributed by atoms with van der Waals surface area (Å²) in [4.78, 5) is 0. The van der Waals surface area contributed by atoms with Gasteiger partial charge in [-0.25, -0.2) is 0 Å². The van der Waals surface area contributed by atoms with Gasteiger partial charge in [0.2, 0.25) is 0 Å². The summed E-state index contributed by atoms with van der Waals surface area (Å²) >= 11 is 0. The second-order valence-electron chi connectivity index (χ2n) is 6.23. The Labute approximate surface area is 159 Å². The molecule has 4 aromatic rings. The Morgan fingerprint density at radius 3 is 1.37 bits per heavy atom. The second kappa shape index (κ2) is 7.42. The summed E-state index contributed by atoms with van der Waals surface area (Å²) in [7, 11) is 3.37. The third-order valence-electron chi connectivity index (χ3n) is 4.67. The van der Waals surface area contributed by atoms with E-state index in [9.17, 15) is 0 Å². The van der Waals surface area contributed by atoms with Crippen molar-refractivity contribution in [2.75, 3.05) is 14.2 Å². The molecule has 4 rings (SSSR count). The molecule has 3 aromatic carbocycles. The molecule has 1 aromatic heterocycles. The number of nitrogens with zero attached hydrogens (tertiary/aromatic N) is 1. The Balaban J connectivity index is 1.87. The third-order valence-corrected chi connectivity index (χ3v) is 4.67. The smallest absolute Gasteiger partial charge is 0.118 e. The molecule has 0 fully saturated rings. The molecule has 1 heterocycles. The summed E-state index contributed by atoms with van der Waals surface area (Å²) < 4.78 is 12.9. The minimum Gasteiger partial charge on any atom is -0.497 e. The van der Waals surface area contributed by atoms with E-state index in [1.54, 1.807) is 14.2 Å². The first-order chi connectivity index (χ1) is 13.3. The lowest BCUT2D eigenvalue weighted by Crippen LogP contribution is -1.99. The van der Waals surface area contributed by atoms with Crippen molar-refractivity contribution < 1.29 is 9.47 Å². The molecule has 0 amide bonds. The molecule has 0 aliphatic carbocycles. The van der Waals surface area contributed by atoms with Crippen LogP contribution in [0.5, 0.6) is 11.5 Å².